The van der Waals surface area contributed by atoms with Crippen LogP contribution in [0.5, 0.6) is 0 Å². The summed E-state index contributed by atoms with van der Waals surface area (Å²) in [5.74, 6) is -1.74. The van der Waals surface area contributed by atoms with Crippen LogP contribution in [-0.2, 0) is 15.1 Å². The molecule has 0 radical (unpaired) electrons. The van der Waals surface area contributed by atoms with Gasteiger partial charge in [0.1, 0.15) is 0 Å². The number of carbonyl (C=O) groups is 3. The number of benzene rings is 3. The van der Waals surface area contributed by atoms with Gasteiger partial charge in [0.25, 0.3) is 5.91 Å². The Bertz CT molecular complexity index is 1340. The van der Waals surface area contributed by atoms with Gasteiger partial charge in [-0.15, -0.1) is 0 Å². The third-order valence-electron chi connectivity index (χ3n) is 5.99. The number of Topliss-reactive ketones (excluding diaryl/α,β-unsaturated/α-hetero) is 1. The first-order valence-corrected chi connectivity index (χ1v) is 11.4. The van der Waals surface area contributed by atoms with Gasteiger partial charge in [-0.2, -0.15) is 0 Å². The normalized spacial score (nSPS) is 11.1. The lowest BCUT2D eigenvalue weighted by Gasteiger charge is -2.26. The summed E-state index contributed by atoms with van der Waals surface area (Å²) in [6.45, 7) is 2.87. The quantitative estimate of drug-likeness (QED) is 0.290. The standard InChI is InChI=1S/C29H26N2O5/c1-20-18-25(21(2)31(20)30-27(33)22-12-6-3-7-13-22)26(32)19-36-28(34)29(35,23-14-8-4-9-15-23)24-16-10-5-11-17-24/h3-18,35H,19H2,1-2H3,(H,30,33). The third kappa shape index (κ3) is 4.82. The van der Waals surface area contributed by atoms with Crippen molar-refractivity contribution in [3.8, 4) is 0 Å². The van der Waals surface area contributed by atoms with Crippen molar-refractivity contribution in [3.63, 3.8) is 0 Å². The molecule has 1 amide bonds. The van der Waals surface area contributed by atoms with Gasteiger partial charge in [0.15, 0.2) is 6.61 Å². The summed E-state index contributed by atoms with van der Waals surface area (Å²) in [5.41, 5.74) is 3.28. The molecule has 0 unspecified atom stereocenters. The van der Waals surface area contributed by atoms with Crippen LogP contribution in [0, 0.1) is 13.8 Å². The van der Waals surface area contributed by atoms with Crippen LogP contribution in [0.1, 0.15) is 43.2 Å². The number of hydrogen-bond acceptors (Lipinski definition) is 5. The van der Waals surface area contributed by atoms with E-state index in [1.807, 2.05) is 6.07 Å². The SMILES string of the molecule is Cc1cc(C(=O)COC(=O)C(O)(c2ccccc2)c2ccccc2)c(C)n1NC(=O)c1ccccc1. The van der Waals surface area contributed by atoms with Crippen LogP contribution in [0.2, 0.25) is 0 Å². The van der Waals surface area contributed by atoms with Crippen LogP contribution in [0.15, 0.2) is 97.1 Å². The summed E-state index contributed by atoms with van der Waals surface area (Å²) in [6, 6.07) is 27.2. The van der Waals surface area contributed by atoms with Crippen LogP contribution >= 0.6 is 0 Å². The van der Waals surface area contributed by atoms with E-state index < -0.39 is 24.0 Å². The molecule has 182 valence electrons. The van der Waals surface area contributed by atoms with E-state index in [9.17, 15) is 19.5 Å². The minimum Gasteiger partial charge on any atom is -0.455 e. The molecule has 0 spiro atoms. The maximum atomic E-state index is 13.2. The Hall–Kier alpha value is -4.49. The van der Waals surface area contributed by atoms with Crippen LogP contribution in [-0.4, -0.2) is 34.0 Å². The van der Waals surface area contributed by atoms with E-state index in [-0.39, 0.29) is 5.91 Å². The summed E-state index contributed by atoms with van der Waals surface area (Å²) >= 11 is 0. The highest BCUT2D eigenvalue weighted by Crippen LogP contribution is 2.31. The fraction of sp³-hybridized carbons (Fsp3) is 0.138. The van der Waals surface area contributed by atoms with Crippen molar-refractivity contribution in [3.05, 3.63) is 131 Å². The number of rotatable bonds is 8. The lowest BCUT2D eigenvalue weighted by atomic mass is 9.86. The van der Waals surface area contributed by atoms with Gasteiger partial charge in [-0.3, -0.25) is 19.7 Å². The van der Waals surface area contributed by atoms with Crippen LogP contribution in [0.25, 0.3) is 0 Å². The molecule has 4 aromatic rings. The zero-order valence-electron chi connectivity index (χ0n) is 20.0. The maximum absolute atomic E-state index is 13.2. The fourth-order valence-corrected chi connectivity index (χ4v) is 4.05. The van der Waals surface area contributed by atoms with Crippen LogP contribution < -0.4 is 5.43 Å². The average Bonchev–Trinajstić information content (AvgIpc) is 3.20. The molecule has 7 nitrogen and oxygen atoms in total. The van der Waals surface area contributed by atoms with Gasteiger partial charge in [0.2, 0.25) is 11.4 Å². The van der Waals surface area contributed by atoms with Gasteiger partial charge in [-0.25, -0.2) is 4.79 Å². The first-order chi connectivity index (χ1) is 17.3. The second kappa shape index (κ2) is 10.4. The van der Waals surface area contributed by atoms with E-state index >= 15 is 0 Å². The highest BCUT2D eigenvalue weighted by Gasteiger charge is 2.42. The molecule has 1 aromatic heterocycles. The molecule has 0 aliphatic rings. The number of carbonyl (C=O) groups excluding carboxylic acids is 3. The second-order valence-corrected chi connectivity index (χ2v) is 8.37. The summed E-state index contributed by atoms with van der Waals surface area (Å²) in [6.07, 6.45) is 0. The van der Waals surface area contributed by atoms with Crippen molar-refractivity contribution in [1.29, 1.82) is 0 Å². The third-order valence-corrected chi connectivity index (χ3v) is 5.99. The number of ketones is 1. The van der Waals surface area contributed by atoms with E-state index in [2.05, 4.69) is 5.43 Å². The molecular formula is C29H26N2O5. The molecule has 0 bridgehead atoms. The zero-order chi connectivity index (χ0) is 25.7. The summed E-state index contributed by atoms with van der Waals surface area (Å²) in [5, 5.41) is 11.5. The molecule has 36 heavy (non-hydrogen) atoms. The molecule has 0 aliphatic carbocycles. The monoisotopic (exact) mass is 482 g/mol. The highest BCUT2D eigenvalue weighted by atomic mass is 16.6. The first-order valence-electron chi connectivity index (χ1n) is 11.4. The largest absolute Gasteiger partial charge is 0.455 e. The Balaban J connectivity index is 1.52. The van der Waals surface area contributed by atoms with E-state index in [0.29, 0.717) is 33.6 Å². The van der Waals surface area contributed by atoms with Gasteiger partial charge in [-0.1, -0.05) is 78.9 Å². The van der Waals surface area contributed by atoms with Gasteiger partial charge in [-0.05, 0) is 43.2 Å². The Morgan fingerprint density at radius 2 is 1.33 bits per heavy atom. The van der Waals surface area contributed by atoms with E-state index in [0.717, 1.165) is 0 Å². The van der Waals surface area contributed by atoms with Gasteiger partial charge < -0.3 is 9.84 Å². The topological polar surface area (TPSA) is 97.6 Å². The first kappa shape index (κ1) is 24.6. The summed E-state index contributed by atoms with van der Waals surface area (Å²) in [7, 11) is 0. The summed E-state index contributed by atoms with van der Waals surface area (Å²) in [4.78, 5) is 38.8. The van der Waals surface area contributed by atoms with Gasteiger partial charge >= 0.3 is 5.97 Å². The van der Waals surface area contributed by atoms with E-state index in [1.54, 1.807) is 105 Å². The van der Waals surface area contributed by atoms with Crippen molar-refractivity contribution >= 4 is 17.7 Å². The van der Waals surface area contributed by atoms with E-state index in [1.165, 1.54) is 4.68 Å². The lowest BCUT2D eigenvalue weighted by Crippen LogP contribution is -2.39. The molecule has 0 fully saturated rings. The predicted octanol–water partition coefficient (Wildman–Crippen LogP) is 4.15. The number of aliphatic hydroxyl groups is 1. The molecule has 4 rings (SSSR count). The Kier molecular flexibility index (Phi) is 7.12. The fourth-order valence-electron chi connectivity index (χ4n) is 4.05. The second-order valence-electron chi connectivity index (χ2n) is 8.37. The van der Waals surface area contributed by atoms with Crippen LogP contribution in [0.3, 0.4) is 0 Å². The molecule has 0 saturated heterocycles. The average molecular weight is 483 g/mol. The van der Waals surface area contributed by atoms with Crippen molar-refractivity contribution in [2.45, 2.75) is 19.4 Å². The molecular weight excluding hydrogens is 456 g/mol. The minimum absolute atomic E-state index is 0.302. The predicted molar refractivity (Wildman–Crippen MR) is 135 cm³/mol. The Morgan fingerprint density at radius 3 is 1.86 bits per heavy atom. The highest BCUT2D eigenvalue weighted by molar-refractivity contribution is 6.02. The Morgan fingerprint density at radius 1 is 0.833 bits per heavy atom. The smallest absolute Gasteiger partial charge is 0.348 e. The lowest BCUT2D eigenvalue weighted by molar-refractivity contribution is -0.160. The number of hydrogen-bond donors (Lipinski definition) is 2. The number of amides is 1. The molecule has 7 heteroatoms. The van der Waals surface area contributed by atoms with Gasteiger partial charge in [0, 0.05) is 22.5 Å². The van der Waals surface area contributed by atoms with Crippen molar-refractivity contribution in [2.24, 2.45) is 0 Å². The minimum atomic E-state index is -2.08. The van der Waals surface area contributed by atoms with Crippen molar-refractivity contribution < 1.29 is 24.2 Å². The van der Waals surface area contributed by atoms with Gasteiger partial charge in [0.05, 0.1) is 0 Å². The zero-order valence-corrected chi connectivity index (χ0v) is 20.0. The molecule has 2 N–H and O–H groups in total. The molecule has 0 atom stereocenters. The van der Waals surface area contributed by atoms with Crippen molar-refractivity contribution in [1.82, 2.24) is 4.68 Å². The molecule has 3 aromatic carbocycles. The van der Waals surface area contributed by atoms with E-state index in [4.69, 9.17) is 4.74 Å². The molecule has 1 heterocycles. The molecule has 0 aliphatic heterocycles. The van der Waals surface area contributed by atoms with Crippen molar-refractivity contribution in [2.75, 3.05) is 12.0 Å². The number of nitrogens with one attached hydrogen (secondary N) is 1. The number of aryl methyl sites for hydroxylation is 1. The number of nitrogens with zero attached hydrogens (tertiary/aromatic N) is 1. The molecule has 0 saturated carbocycles. The number of ether oxygens (including phenoxy) is 1. The maximum Gasteiger partial charge on any atom is 0.348 e. The Labute approximate surface area is 208 Å². The summed E-state index contributed by atoms with van der Waals surface area (Å²) < 4.78 is 6.87. The number of aromatic nitrogens is 1. The number of esters is 1. The van der Waals surface area contributed by atoms with Crippen LogP contribution in [0.4, 0.5) is 0 Å².